The quantitative estimate of drug-likeness (QED) is 0.717. The fourth-order valence-electron chi connectivity index (χ4n) is 1.67. The van der Waals surface area contributed by atoms with Gasteiger partial charge in [-0.3, -0.25) is 0 Å². The average molecular weight is 302 g/mol. The lowest BCUT2D eigenvalue weighted by molar-refractivity contribution is 0.122. The summed E-state index contributed by atoms with van der Waals surface area (Å²) in [7, 11) is -3.63. The number of sulfone groups is 1. The topological polar surface area (TPSA) is 125 Å². The predicted octanol–water partition coefficient (Wildman–Crippen LogP) is -0.826. The molecule has 1 aliphatic heterocycles. The molecule has 0 saturated carbocycles. The lowest BCUT2D eigenvalue weighted by atomic mass is 10.4. The molecular weight excluding hydrogens is 288 g/mol. The molecule has 0 radical (unpaired) electrons. The smallest absolute Gasteiger partial charge is 0.391 e. The number of anilines is 1. The van der Waals surface area contributed by atoms with Gasteiger partial charge in [-0.2, -0.15) is 4.98 Å². The van der Waals surface area contributed by atoms with Crippen LogP contribution in [0.4, 0.5) is 10.6 Å². The van der Waals surface area contributed by atoms with Crippen molar-refractivity contribution in [1.29, 1.82) is 0 Å². The van der Waals surface area contributed by atoms with E-state index in [4.69, 9.17) is 10.5 Å². The van der Waals surface area contributed by atoms with Crippen molar-refractivity contribution >= 4 is 21.7 Å². The van der Waals surface area contributed by atoms with E-state index in [1.54, 1.807) is 0 Å². The molecule has 1 fully saturated rings. The highest BCUT2D eigenvalue weighted by Gasteiger charge is 2.20. The van der Waals surface area contributed by atoms with Gasteiger partial charge in [0, 0.05) is 25.4 Å². The molecule has 1 saturated heterocycles. The van der Waals surface area contributed by atoms with Crippen LogP contribution in [0.2, 0.25) is 0 Å². The molecule has 2 heterocycles. The second-order valence-electron chi connectivity index (χ2n) is 4.14. The Labute approximate surface area is 115 Å². The number of ether oxygens (including phenoxy) is 2. The third kappa shape index (κ3) is 3.54. The molecule has 1 amide bonds. The number of carbonyl (C=O) groups is 1. The maximum Gasteiger partial charge on any atom is 0.411 e. The second-order valence-corrected chi connectivity index (χ2v) is 6.05. The molecule has 0 unspecified atom stereocenters. The molecule has 2 N–H and O–H groups in total. The Morgan fingerprint density at radius 2 is 2.05 bits per heavy atom. The Bertz CT molecular complexity index is 612. The molecule has 1 aromatic rings. The van der Waals surface area contributed by atoms with Gasteiger partial charge in [0.15, 0.2) is 0 Å². The molecule has 2 rings (SSSR count). The average Bonchev–Trinajstić information content (AvgIpc) is 2.37. The third-order valence-electron chi connectivity index (χ3n) is 2.54. The van der Waals surface area contributed by atoms with Gasteiger partial charge in [-0.05, 0) is 0 Å². The highest BCUT2D eigenvalue weighted by molar-refractivity contribution is 7.90. The van der Waals surface area contributed by atoms with Crippen LogP contribution in [0.3, 0.4) is 0 Å². The highest BCUT2D eigenvalue weighted by Crippen LogP contribution is 2.20. The van der Waals surface area contributed by atoms with Gasteiger partial charge in [-0.15, -0.1) is 0 Å². The first-order valence-corrected chi connectivity index (χ1v) is 7.64. The number of nitrogens with two attached hydrogens (primary N) is 1. The fourth-order valence-corrected chi connectivity index (χ4v) is 2.18. The minimum atomic E-state index is -3.63. The number of aromatic nitrogens is 2. The van der Waals surface area contributed by atoms with Crippen molar-refractivity contribution in [3.05, 3.63) is 6.07 Å². The molecule has 1 aromatic heterocycles. The van der Waals surface area contributed by atoms with Crippen LogP contribution in [0.1, 0.15) is 0 Å². The van der Waals surface area contributed by atoms with Crippen LogP contribution in [0.25, 0.3) is 0 Å². The second kappa shape index (κ2) is 5.59. The summed E-state index contributed by atoms with van der Waals surface area (Å²) in [6.45, 7) is 2.11. The van der Waals surface area contributed by atoms with E-state index in [1.165, 1.54) is 6.07 Å². The van der Waals surface area contributed by atoms with Gasteiger partial charge in [0.1, 0.15) is 5.82 Å². The number of morpholine rings is 1. The Morgan fingerprint density at radius 1 is 1.40 bits per heavy atom. The van der Waals surface area contributed by atoms with Gasteiger partial charge >= 0.3 is 6.09 Å². The van der Waals surface area contributed by atoms with Crippen LogP contribution in [0, 0.1) is 0 Å². The summed E-state index contributed by atoms with van der Waals surface area (Å²) >= 11 is 0. The van der Waals surface area contributed by atoms with Crippen LogP contribution in [0.15, 0.2) is 11.2 Å². The van der Waals surface area contributed by atoms with Crippen LogP contribution >= 0.6 is 0 Å². The normalized spacial score (nSPS) is 15.9. The van der Waals surface area contributed by atoms with Crippen LogP contribution < -0.4 is 15.4 Å². The lowest BCUT2D eigenvalue weighted by Gasteiger charge is -2.27. The minimum absolute atomic E-state index is 0.200. The van der Waals surface area contributed by atoms with Gasteiger partial charge in [-0.25, -0.2) is 18.2 Å². The van der Waals surface area contributed by atoms with Gasteiger partial charge < -0.3 is 20.1 Å². The Kier molecular flexibility index (Phi) is 4.04. The maximum atomic E-state index is 11.6. The van der Waals surface area contributed by atoms with Crippen molar-refractivity contribution in [1.82, 2.24) is 9.97 Å². The zero-order valence-electron chi connectivity index (χ0n) is 10.8. The van der Waals surface area contributed by atoms with E-state index < -0.39 is 21.1 Å². The van der Waals surface area contributed by atoms with Gasteiger partial charge in [0.25, 0.3) is 5.16 Å². The monoisotopic (exact) mass is 302 g/mol. The number of carbonyl (C=O) groups excluding carboxylic acids is 1. The van der Waals surface area contributed by atoms with E-state index >= 15 is 0 Å². The summed E-state index contributed by atoms with van der Waals surface area (Å²) in [5, 5.41) is -0.419. The van der Waals surface area contributed by atoms with E-state index in [0.29, 0.717) is 32.1 Å². The molecule has 110 valence electrons. The number of hydrogen-bond acceptors (Lipinski definition) is 8. The molecule has 0 atom stereocenters. The maximum absolute atomic E-state index is 11.6. The van der Waals surface area contributed by atoms with Crippen LogP contribution in [-0.4, -0.2) is 57.0 Å². The van der Waals surface area contributed by atoms with Crippen molar-refractivity contribution in [3.8, 4) is 5.88 Å². The Balaban J connectivity index is 2.41. The molecular formula is C10H14N4O5S. The summed E-state index contributed by atoms with van der Waals surface area (Å²) in [6, 6.07) is 1.37. The van der Waals surface area contributed by atoms with Gasteiger partial charge in [0.05, 0.1) is 13.2 Å². The van der Waals surface area contributed by atoms with Gasteiger partial charge in [-0.1, -0.05) is 0 Å². The number of primary amides is 1. The molecule has 0 bridgehead atoms. The van der Waals surface area contributed by atoms with E-state index in [-0.39, 0.29) is 5.88 Å². The van der Waals surface area contributed by atoms with Crippen LogP contribution in [-0.2, 0) is 14.6 Å². The van der Waals surface area contributed by atoms with Crippen molar-refractivity contribution in [2.75, 3.05) is 37.5 Å². The Morgan fingerprint density at radius 3 is 2.60 bits per heavy atom. The summed E-state index contributed by atoms with van der Waals surface area (Å²) in [6.07, 6.45) is -0.101. The van der Waals surface area contributed by atoms with Gasteiger partial charge in [0.2, 0.25) is 15.7 Å². The fraction of sp³-hybridized carbons (Fsp3) is 0.500. The van der Waals surface area contributed by atoms with Crippen molar-refractivity contribution in [2.24, 2.45) is 5.73 Å². The van der Waals surface area contributed by atoms with E-state index in [9.17, 15) is 13.2 Å². The zero-order chi connectivity index (χ0) is 14.8. The number of nitrogens with zero attached hydrogens (tertiary/aromatic N) is 3. The molecule has 0 spiro atoms. The largest absolute Gasteiger partial charge is 0.411 e. The van der Waals surface area contributed by atoms with Crippen molar-refractivity contribution in [2.45, 2.75) is 5.16 Å². The summed E-state index contributed by atoms with van der Waals surface area (Å²) < 4.78 is 33.0. The minimum Gasteiger partial charge on any atom is -0.391 e. The number of rotatable bonds is 3. The first-order valence-electron chi connectivity index (χ1n) is 5.75. The molecule has 0 aliphatic carbocycles. The summed E-state index contributed by atoms with van der Waals surface area (Å²) in [4.78, 5) is 20.2. The number of hydrogen-bond donors (Lipinski definition) is 1. The lowest BCUT2D eigenvalue weighted by Crippen LogP contribution is -2.37. The third-order valence-corrected chi connectivity index (χ3v) is 3.39. The molecule has 0 aromatic carbocycles. The summed E-state index contributed by atoms with van der Waals surface area (Å²) in [5.74, 6) is 0.148. The standard InChI is InChI=1S/C10H14N4O5S/c1-20(16,17)10-12-7(14-2-4-18-5-3-14)6-8(13-10)19-9(11)15/h6H,2-5H2,1H3,(H2,11,15). The van der Waals surface area contributed by atoms with E-state index in [0.717, 1.165) is 6.26 Å². The van der Waals surface area contributed by atoms with Crippen LogP contribution in [0.5, 0.6) is 5.88 Å². The first kappa shape index (κ1) is 14.5. The van der Waals surface area contributed by atoms with Crippen molar-refractivity contribution < 1.29 is 22.7 Å². The highest BCUT2D eigenvalue weighted by atomic mass is 32.2. The Hall–Kier alpha value is -1.94. The van der Waals surface area contributed by atoms with E-state index in [1.807, 2.05) is 4.90 Å². The SMILES string of the molecule is CS(=O)(=O)c1nc(OC(N)=O)cc(N2CCOCC2)n1. The summed E-state index contributed by atoms with van der Waals surface area (Å²) in [5.41, 5.74) is 4.91. The molecule has 10 heteroatoms. The zero-order valence-corrected chi connectivity index (χ0v) is 11.6. The first-order chi connectivity index (χ1) is 9.36. The number of amides is 1. The predicted molar refractivity (Wildman–Crippen MR) is 68.4 cm³/mol. The molecule has 1 aliphatic rings. The van der Waals surface area contributed by atoms with E-state index in [2.05, 4.69) is 14.7 Å². The molecule has 9 nitrogen and oxygen atoms in total. The molecule has 20 heavy (non-hydrogen) atoms. The van der Waals surface area contributed by atoms with Crippen molar-refractivity contribution in [3.63, 3.8) is 0 Å².